The first-order valence-corrected chi connectivity index (χ1v) is 25.5. The standard InChI is InChI=1S/C57H78O10/c1-4-7-10-13-16-19-22-25-39-62-52-43-47(44-53(63-40-26-23-20-17-14-11-8-5-2)54(52)64-41-27-24-21-18-15-12-9-6-3)57(61)67-51-37-35-50(36-38-51)66-56(60)46-30-28-29-45(42-46)55(59)65-49-33-31-48(58)32-34-49/h28-38,42-44,58H,4-27,39-41H2,1-3H3. The Kier molecular flexibility index (Phi) is 26.7. The van der Waals surface area contributed by atoms with Gasteiger partial charge in [0.15, 0.2) is 11.5 Å². The number of hydrogen-bond donors (Lipinski definition) is 1. The van der Waals surface area contributed by atoms with E-state index in [0.29, 0.717) is 37.1 Å². The zero-order valence-corrected chi connectivity index (χ0v) is 40.8. The summed E-state index contributed by atoms with van der Waals surface area (Å²) < 4.78 is 36.2. The summed E-state index contributed by atoms with van der Waals surface area (Å²) in [6, 6.07) is 21.3. The lowest BCUT2D eigenvalue weighted by atomic mass is 10.1. The molecule has 0 unspecified atom stereocenters. The third kappa shape index (κ3) is 21.8. The van der Waals surface area contributed by atoms with E-state index in [2.05, 4.69) is 20.8 Å². The van der Waals surface area contributed by atoms with Crippen molar-refractivity contribution in [1.29, 1.82) is 0 Å². The first kappa shape index (κ1) is 54.1. The van der Waals surface area contributed by atoms with E-state index in [9.17, 15) is 19.5 Å². The summed E-state index contributed by atoms with van der Waals surface area (Å²) in [5.74, 6) is 0.291. The molecule has 0 aliphatic rings. The molecule has 366 valence electrons. The van der Waals surface area contributed by atoms with Gasteiger partial charge in [-0.25, -0.2) is 14.4 Å². The molecule has 0 amide bonds. The molecule has 0 saturated heterocycles. The van der Waals surface area contributed by atoms with Crippen molar-refractivity contribution in [2.45, 2.75) is 175 Å². The highest BCUT2D eigenvalue weighted by molar-refractivity contribution is 5.97. The van der Waals surface area contributed by atoms with Crippen LogP contribution in [-0.4, -0.2) is 42.8 Å². The van der Waals surface area contributed by atoms with E-state index in [1.165, 1.54) is 170 Å². The molecule has 0 spiro atoms. The molecule has 0 aliphatic heterocycles. The van der Waals surface area contributed by atoms with Crippen molar-refractivity contribution in [3.8, 4) is 40.2 Å². The van der Waals surface area contributed by atoms with Gasteiger partial charge in [0.1, 0.15) is 23.0 Å². The minimum absolute atomic E-state index is 0.0441. The largest absolute Gasteiger partial charge is 0.508 e. The van der Waals surface area contributed by atoms with Gasteiger partial charge in [-0.2, -0.15) is 0 Å². The van der Waals surface area contributed by atoms with E-state index in [1.54, 1.807) is 30.3 Å². The third-order valence-electron chi connectivity index (χ3n) is 11.6. The second kappa shape index (κ2) is 33.0. The SMILES string of the molecule is CCCCCCCCCCOc1cc(C(=O)Oc2ccc(OC(=O)c3cccc(C(=O)Oc4ccc(O)cc4)c3)cc2)cc(OCCCCCCCCCC)c1OCCCCCCCCCC. The molecule has 0 fully saturated rings. The zero-order chi connectivity index (χ0) is 47.7. The maximum Gasteiger partial charge on any atom is 0.343 e. The van der Waals surface area contributed by atoms with E-state index < -0.39 is 17.9 Å². The molecule has 4 aromatic rings. The molecule has 4 rings (SSSR count). The Bertz CT molecular complexity index is 1950. The number of ether oxygens (including phenoxy) is 6. The molecule has 0 aromatic heterocycles. The fourth-order valence-electron chi connectivity index (χ4n) is 7.66. The summed E-state index contributed by atoms with van der Waals surface area (Å²) >= 11 is 0. The van der Waals surface area contributed by atoms with Gasteiger partial charge in [0, 0.05) is 0 Å². The van der Waals surface area contributed by atoms with Gasteiger partial charge in [0.05, 0.1) is 36.5 Å². The average Bonchev–Trinajstić information content (AvgIpc) is 3.34. The van der Waals surface area contributed by atoms with Gasteiger partial charge in [-0.05, 0) is 98.1 Å². The molecule has 0 saturated carbocycles. The van der Waals surface area contributed by atoms with Crippen molar-refractivity contribution >= 4 is 17.9 Å². The molecule has 0 heterocycles. The molecular formula is C57H78O10. The normalized spacial score (nSPS) is 11.0. The number of carbonyl (C=O) groups is 3. The molecule has 0 bridgehead atoms. The van der Waals surface area contributed by atoms with Crippen LogP contribution in [0.25, 0.3) is 0 Å². The number of hydrogen-bond acceptors (Lipinski definition) is 10. The number of phenolic OH excluding ortho intramolecular Hbond substituents is 1. The van der Waals surface area contributed by atoms with Crippen LogP contribution in [0.1, 0.15) is 206 Å². The minimum Gasteiger partial charge on any atom is -0.508 e. The highest BCUT2D eigenvalue weighted by Gasteiger charge is 2.21. The van der Waals surface area contributed by atoms with E-state index in [4.69, 9.17) is 28.4 Å². The van der Waals surface area contributed by atoms with Crippen molar-refractivity contribution in [2.75, 3.05) is 19.8 Å². The van der Waals surface area contributed by atoms with Gasteiger partial charge in [-0.1, -0.05) is 162 Å². The highest BCUT2D eigenvalue weighted by atomic mass is 16.6. The van der Waals surface area contributed by atoms with Crippen molar-refractivity contribution < 1.29 is 47.9 Å². The second-order valence-corrected chi connectivity index (χ2v) is 17.5. The van der Waals surface area contributed by atoms with Crippen molar-refractivity contribution in [2.24, 2.45) is 0 Å². The number of phenols is 1. The van der Waals surface area contributed by atoms with Crippen molar-refractivity contribution in [3.05, 3.63) is 102 Å². The number of esters is 3. The molecule has 10 nitrogen and oxygen atoms in total. The Hall–Kier alpha value is -5.51. The minimum atomic E-state index is -0.687. The van der Waals surface area contributed by atoms with Gasteiger partial charge in [-0.3, -0.25) is 0 Å². The predicted octanol–water partition coefficient (Wildman–Crippen LogP) is 15.6. The van der Waals surface area contributed by atoms with Crippen LogP contribution in [0.3, 0.4) is 0 Å². The number of rotatable bonds is 36. The Morgan fingerprint density at radius 1 is 0.373 bits per heavy atom. The Morgan fingerprint density at radius 2 is 0.687 bits per heavy atom. The van der Waals surface area contributed by atoms with Crippen LogP contribution in [0.15, 0.2) is 84.9 Å². The van der Waals surface area contributed by atoms with E-state index >= 15 is 0 Å². The lowest BCUT2D eigenvalue weighted by Gasteiger charge is -2.19. The van der Waals surface area contributed by atoms with Crippen LogP contribution < -0.4 is 28.4 Å². The molecule has 10 heteroatoms. The maximum absolute atomic E-state index is 13.9. The van der Waals surface area contributed by atoms with Crippen LogP contribution in [-0.2, 0) is 0 Å². The molecule has 0 radical (unpaired) electrons. The molecule has 0 aliphatic carbocycles. The highest BCUT2D eigenvalue weighted by Crippen LogP contribution is 2.40. The molecule has 4 aromatic carbocycles. The van der Waals surface area contributed by atoms with Gasteiger partial charge in [-0.15, -0.1) is 0 Å². The molecule has 0 atom stereocenters. The predicted molar refractivity (Wildman–Crippen MR) is 267 cm³/mol. The Balaban J connectivity index is 1.44. The van der Waals surface area contributed by atoms with Gasteiger partial charge in [0.25, 0.3) is 0 Å². The number of unbranched alkanes of at least 4 members (excludes halogenated alkanes) is 21. The summed E-state index contributed by atoms with van der Waals surface area (Å²) in [6.45, 7) is 8.23. The van der Waals surface area contributed by atoms with E-state index in [0.717, 1.165) is 38.5 Å². The first-order chi connectivity index (χ1) is 32.8. The summed E-state index contributed by atoms with van der Waals surface area (Å²) in [4.78, 5) is 39.7. The maximum atomic E-state index is 13.9. The fourth-order valence-corrected chi connectivity index (χ4v) is 7.66. The van der Waals surface area contributed by atoms with Crippen LogP contribution in [0.4, 0.5) is 0 Å². The van der Waals surface area contributed by atoms with Crippen LogP contribution in [0, 0.1) is 0 Å². The number of carbonyl (C=O) groups excluding carboxylic acids is 3. The van der Waals surface area contributed by atoms with Crippen molar-refractivity contribution in [3.63, 3.8) is 0 Å². The quantitative estimate of drug-likeness (QED) is 0.0268. The first-order valence-electron chi connectivity index (χ1n) is 25.5. The number of benzene rings is 4. The monoisotopic (exact) mass is 923 g/mol. The average molecular weight is 923 g/mol. The second-order valence-electron chi connectivity index (χ2n) is 17.5. The summed E-state index contributed by atoms with van der Waals surface area (Å²) in [5, 5.41) is 9.51. The van der Waals surface area contributed by atoms with E-state index in [-0.39, 0.29) is 39.7 Å². The summed E-state index contributed by atoms with van der Waals surface area (Å²) in [7, 11) is 0. The fraction of sp³-hybridized carbons (Fsp3) is 0.526. The molecular weight excluding hydrogens is 845 g/mol. The summed E-state index contributed by atoms with van der Waals surface area (Å²) in [6.07, 6.45) is 28.4. The smallest absolute Gasteiger partial charge is 0.343 e. The summed E-state index contributed by atoms with van der Waals surface area (Å²) in [5.41, 5.74) is 0.564. The lowest BCUT2D eigenvalue weighted by Crippen LogP contribution is -2.13. The van der Waals surface area contributed by atoms with Gasteiger partial charge < -0.3 is 33.5 Å². The molecule has 67 heavy (non-hydrogen) atoms. The zero-order valence-electron chi connectivity index (χ0n) is 40.8. The van der Waals surface area contributed by atoms with Crippen LogP contribution in [0.5, 0.6) is 40.2 Å². The van der Waals surface area contributed by atoms with Gasteiger partial charge in [0.2, 0.25) is 5.75 Å². The van der Waals surface area contributed by atoms with Crippen LogP contribution >= 0.6 is 0 Å². The topological polar surface area (TPSA) is 127 Å². The Morgan fingerprint density at radius 3 is 1.06 bits per heavy atom. The van der Waals surface area contributed by atoms with E-state index in [1.807, 2.05) is 0 Å². The molecule has 1 N–H and O–H groups in total. The lowest BCUT2D eigenvalue weighted by molar-refractivity contribution is 0.0716. The third-order valence-corrected chi connectivity index (χ3v) is 11.6. The number of aromatic hydroxyl groups is 1. The van der Waals surface area contributed by atoms with Gasteiger partial charge >= 0.3 is 17.9 Å². The van der Waals surface area contributed by atoms with Crippen LogP contribution in [0.2, 0.25) is 0 Å². The van der Waals surface area contributed by atoms with Crippen molar-refractivity contribution in [1.82, 2.24) is 0 Å². The Labute approximate surface area is 401 Å².